The van der Waals surface area contributed by atoms with E-state index in [4.69, 9.17) is 37.9 Å². The molecule has 2 saturated heterocycles. The molecule has 7 N–H and O–H groups in total. The van der Waals surface area contributed by atoms with Gasteiger partial charge in [0.2, 0.25) is 5.91 Å². The third kappa shape index (κ3) is 22.6. The van der Waals surface area contributed by atoms with E-state index in [1.807, 2.05) is 67.7 Å². The molecule has 0 spiro atoms. The molecule has 5 unspecified atom stereocenters. The highest BCUT2D eigenvalue weighted by molar-refractivity contribution is 5.78. The molecule has 9 atom stereocenters. The zero-order valence-electron chi connectivity index (χ0n) is 38.1. The van der Waals surface area contributed by atoms with E-state index in [0.29, 0.717) is 26.1 Å². The first-order chi connectivity index (χ1) is 31.8. The highest BCUT2D eigenvalue weighted by Crippen LogP contribution is 2.22. The Morgan fingerprint density at radius 1 is 0.652 bits per heavy atom. The summed E-state index contributed by atoms with van der Waals surface area (Å²) in [7, 11) is 1.86. The molecule has 2 heterocycles. The van der Waals surface area contributed by atoms with Crippen LogP contribution in [-0.2, 0) is 70.3 Å². The van der Waals surface area contributed by atoms with Crippen LogP contribution in [0.1, 0.15) is 31.4 Å². The molecule has 21 heteroatoms. The Labute approximate surface area is 386 Å². The molecule has 0 bridgehead atoms. The van der Waals surface area contributed by atoms with E-state index in [-0.39, 0.29) is 97.3 Å². The van der Waals surface area contributed by atoms with Crippen LogP contribution in [0.25, 0.3) is 0 Å². The van der Waals surface area contributed by atoms with Crippen LogP contribution in [0.2, 0.25) is 0 Å². The standard InChI is InChI=1S/C34H47N3O12.C11H23NO5/c1-25-31(42)32(43)33(44)34(49-25)46-19-18-45-17-12-35-28(39)20-36(15-16-38)13-14-37(21-29(40)47-23-26-8-4-2-5-9-26)22-30(41)48-24-27-10-6-3-7-11-27;1-8-9(13)7-10(14)11(17-8)16-6-5-15-4-3-12-2/h2-11,16,25,31-34,42-44H,12-15,17-24H2,1H3,(H,35,39);8-14H,3-7H2,1-2H3/t25?,31-,32?,33?,34+;8-,9?,10+,11?/m00/s1. The number of carbonyl (C=O) groups is 4. The quantitative estimate of drug-likeness (QED) is 0.0274. The smallest absolute Gasteiger partial charge is 0.320 e. The van der Waals surface area contributed by atoms with Gasteiger partial charge in [0, 0.05) is 32.6 Å². The first-order valence-corrected chi connectivity index (χ1v) is 22.1. The van der Waals surface area contributed by atoms with Crippen LogP contribution in [0.15, 0.2) is 60.7 Å². The molecular formula is C45H70N4O17. The number of ether oxygens (including phenoxy) is 8. The fraction of sp³-hybridized carbons (Fsp3) is 0.644. The van der Waals surface area contributed by atoms with E-state index in [9.17, 15) is 44.7 Å². The molecule has 2 aromatic carbocycles. The minimum absolute atomic E-state index is 0.0361. The van der Waals surface area contributed by atoms with Crippen LogP contribution in [0, 0.1) is 0 Å². The lowest BCUT2D eigenvalue weighted by Gasteiger charge is -2.38. The number of esters is 2. The van der Waals surface area contributed by atoms with Gasteiger partial charge in [-0.1, -0.05) is 60.7 Å². The van der Waals surface area contributed by atoms with Crippen molar-refractivity contribution in [2.45, 2.75) is 88.8 Å². The topological polar surface area (TPSA) is 274 Å². The summed E-state index contributed by atoms with van der Waals surface area (Å²) in [5.41, 5.74) is 1.63. The Kier molecular flexibility index (Phi) is 27.8. The third-order valence-electron chi connectivity index (χ3n) is 10.2. The Balaban J connectivity index is 0.000000569. The summed E-state index contributed by atoms with van der Waals surface area (Å²) >= 11 is 0. The second-order valence-electron chi connectivity index (χ2n) is 15.6. The second-order valence-corrected chi connectivity index (χ2v) is 15.6. The number of carbonyl (C=O) groups excluding carboxylic acids is 4. The Hall–Kier alpha value is -4.04. The molecular weight excluding hydrogens is 869 g/mol. The molecule has 372 valence electrons. The van der Waals surface area contributed by atoms with E-state index in [0.717, 1.165) is 17.7 Å². The van der Waals surface area contributed by atoms with Gasteiger partial charge in [0.25, 0.3) is 0 Å². The number of amides is 1. The summed E-state index contributed by atoms with van der Waals surface area (Å²) < 4.78 is 43.0. The van der Waals surface area contributed by atoms with Crippen molar-refractivity contribution in [1.29, 1.82) is 0 Å². The molecule has 2 fully saturated rings. The van der Waals surface area contributed by atoms with Crippen LogP contribution in [-0.4, -0.2) is 214 Å². The number of aliphatic hydroxyl groups is 5. The molecule has 2 aromatic rings. The van der Waals surface area contributed by atoms with Crippen molar-refractivity contribution in [3.05, 3.63) is 71.8 Å². The SMILES string of the molecule is CC1O[C@@H](OCCOCCNC(=O)CN(CC=O)CCN(CC(=O)OCc2ccccc2)CC(=O)OCc2ccccc2)C(O)C(O)[C@H]1O.CNCCOCCOC1O[C@@H](C)C(O)C[C@H]1O. The van der Waals surface area contributed by atoms with Gasteiger partial charge < -0.3 is 78.9 Å². The number of nitrogens with zero attached hydrogens (tertiary/aromatic N) is 2. The number of aliphatic hydroxyl groups excluding tert-OH is 5. The number of likely N-dealkylation sites (N-methyl/N-ethyl adjacent to an activating group) is 1. The molecule has 0 aromatic heterocycles. The van der Waals surface area contributed by atoms with Crippen LogP contribution < -0.4 is 10.6 Å². The highest BCUT2D eigenvalue weighted by Gasteiger charge is 2.42. The van der Waals surface area contributed by atoms with E-state index in [2.05, 4.69) is 10.6 Å². The molecule has 0 radical (unpaired) electrons. The van der Waals surface area contributed by atoms with Gasteiger partial charge in [-0.15, -0.1) is 0 Å². The van der Waals surface area contributed by atoms with E-state index in [1.54, 1.807) is 23.6 Å². The summed E-state index contributed by atoms with van der Waals surface area (Å²) in [5, 5.41) is 54.4. The average molecular weight is 939 g/mol. The number of benzene rings is 2. The number of nitrogens with one attached hydrogen (secondary N) is 2. The maximum absolute atomic E-state index is 12.7. The second kappa shape index (κ2) is 32.6. The fourth-order valence-corrected chi connectivity index (χ4v) is 6.36. The van der Waals surface area contributed by atoms with Crippen LogP contribution in [0.3, 0.4) is 0 Å². The van der Waals surface area contributed by atoms with Gasteiger partial charge in [0.05, 0.1) is 84.1 Å². The number of hydrogen-bond acceptors (Lipinski definition) is 20. The van der Waals surface area contributed by atoms with Crippen LogP contribution in [0.5, 0.6) is 0 Å². The normalized spacial score (nSPS) is 24.0. The monoisotopic (exact) mass is 938 g/mol. The Bertz CT molecular complexity index is 1580. The molecule has 21 nitrogen and oxygen atoms in total. The molecule has 2 aliphatic rings. The summed E-state index contributed by atoms with van der Waals surface area (Å²) in [5.74, 6) is -1.45. The van der Waals surface area contributed by atoms with Crippen LogP contribution in [0.4, 0.5) is 0 Å². The van der Waals surface area contributed by atoms with Gasteiger partial charge >= 0.3 is 11.9 Å². The maximum Gasteiger partial charge on any atom is 0.320 e. The predicted molar refractivity (Wildman–Crippen MR) is 235 cm³/mol. The van der Waals surface area contributed by atoms with Crippen LogP contribution >= 0.6 is 0 Å². The fourth-order valence-electron chi connectivity index (χ4n) is 6.36. The minimum atomic E-state index is -1.41. The zero-order valence-corrected chi connectivity index (χ0v) is 38.1. The van der Waals surface area contributed by atoms with Gasteiger partial charge in [0.15, 0.2) is 12.6 Å². The van der Waals surface area contributed by atoms with Crippen molar-refractivity contribution in [3.8, 4) is 0 Å². The van der Waals surface area contributed by atoms with Crippen molar-refractivity contribution in [1.82, 2.24) is 20.4 Å². The van der Waals surface area contributed by atoms with Crippen molar-refractivity contribution in [2.24, 2.45) is 0 Å². The first kappa shape index (κ1) is 56.3. The van der Waals surface area contributed by atoms with Gasteiger partial charge in [-0.2, -0.15) is 0 Å². The number of hydrogen-bond donors (Lipinski definition) is 7. The lowest BCUT2D eigenvalue weighted by Crippen LogP contribution is -2.57. The lowest BCUT2D eigenvalue weighted by atomic mass is 10.0. The number of aldehydes is 1. The number of rotatable bonds is 29. The van der Waals surface area contributed by atoms with E-state index < -0.39 is 61.1 Å². The van der Waals surface area contributed by atoms with Gasteiger partial charge in [-0.3, -0.25) is 24.2 Å². The summed E-state index contributed by atoms with van der Waals surface area (Å²) in [6.45, 7) is 5.98. The van der Waals surface area contributed by atoms with Gasteiger partial charge in [-0.25, -0.2) is 0 Å². The Morgan fingerprint density at radius 3 is 1.74 bits per heavy atom. The van der Waals surface area contributed by atoms with Crippen molar-refractivity contribution >= 4 is 24.1 Å². The first-order valence-electron chi connectivity index (χ1n) is 22.1. The average Bonchev–Trinajstić information content (AvgIpc) is 3.31. The van der Waals surface area contributed by atoms with E-state index in [1.165, 1.54) is 0 Å². The molecule has 1 amide bonds. The Morgan fingerprint density at radius 2 is 1.18 bits per heavy atom. The molecule has 0 aliphatic carbocycles. The van der Waals surface area contributed by atoms with E-state index >= 15 is 0 Å². The van der Waals surface area contributed by atoms with Gasteiger partial charge in [0.1, 0.15) is 43.9 Å². The minimum Gasteiger partial charge on any atom is -0.460 e. The van der Waals surface area contributed by atoms with Crippen molar-refractivity contribution in [2.75, 3.05) is 99.0 Å². The van der Waals surface area contributed by atoms with Crippen molar-refractivity contribution < 1.29 is 82.6 Å². The molecule has 2 aliphatic heterocycles. The summed E-state index contributed by atoms with van der Waals surface area (Å²) in [6.07, 6.45) is -7.30. The summed E-state index contributed by atoms with van der Waals surface area (Å²) in [6, 6.07) is 18.4. The lowest BCUT2D eigenvalue weighted by molar-refractivity contribution is -0.294. The third-order valence-corrected chi connectivity index (χ3v) is 10.2. The molecule has 4 rings (SSSR count). The van der Waals surface area contributed by atoms with Crippen molar-refractivity contribution in [3.63, 3.8) is 0 Å². The molecule has 0 saturated carbocycles. The summed E-state index contributed by atoms with van der Waals surface area (Å²) in [4.78, 5) is 52.4. The zero-order chi connectivity index (χ0) is 48.1. The largest absolute Gasteiger partial charge is 0.460 e. The highest BCUT2D eigenvalue weighted by atomic mass is 16.7. The van der Waals surface area contributed by atoms with Gasteiger partial charge in [-0.05, 0) is 32.0 Å². The maximum atomic E-state index is 12.7. The molecule has 66 heavy (non-hydrogen) atoms. The predicted octanol–water partition coefficient (Wildman–Crippen LogP) is -1.65.